The molecule has 2 aliphatic heterocycles. The molecule has 1 spiro atoms. The maximum atomic E-state index is 12.0. The summed E-state index contributed by atoms with van der Waals surface area (Å²) >= 11 is 0. The zero-order valence-electron chi connectivity index (χ0n) is 13.1. The van der Waals surface area contributed by atoms with Crippen molar-refractivity contribution < 1.29 is 9.53 Å². The second kappa shape index (κ2) is 6.60. The van der Waals surface area contributed by atoms with E-state index in [4.69, 9.17) is 4.74 Å². The quantitative estimate of drug-likeness (QED) is 0.919. The van der Waals surface area contributed by atoms with Gasteiger partial charge in [-0.1, -0.05) is 6.92 Å². The first kappa shape index (κ1) is 15.2. The first-order valence-electron chi connectivity index (χ1n) is 8.16. The molecule has 22 heavy (non-hydrogen) atoms. The van der Waals surface area contributed by atoms with Gasteiger partial charge in [-0.15, -0.1) is 0 Å². The molecule has 6 heteroatoms. The van der Waals surface area contributed by atoms with E-state index in [1.165, 1.54) is 0 Å². The van der Waals surface area contributed by atoms with Crippen LogP contribution in [0.25, 0.3) is 0 Å². The van der Waals surface area contributed by atoms with Crippen LogP contribution in [-0.2, 0) is 9.53 Å². The minimum atomic E-state index is -0.0740. The van der Waals surface area contributed by atoms with E-state index in [0.29, 0.717) is 19.0 Å². The van der Waals surface area contributed by atoms with Crippen molar-refractivity contribution in [2.75, 3.05) is 25.0 Å². The molecular formula is C16H24N4O2. The summed E-state index contributed by atoms with van der Waals surface area (Å²) in [6.07, 6.45) is 7.86. The van der Waals surface area contributed by atoms with E-state index in [1.54, 1.807) is 18.5 Å². The van der Waals surface area contributed by atoms with Crippen LogP contribution in [0.2, 0.25) is 0 Å². The van der Waals surface area contributed by atoms with E-state index in [2.05, 4.69) is 15.3 Å². The number of hydrogen-bond donors (Lipinski definition) is 1. The Labute approximate surface area is 131 Å². The Balaban J connectivity index is 1.51. The molecule has 0 aliphatic carbocycles. The van der Waals surface area contributed by atoms with E-state index in [0.717, 1.165) is 38.8 Å². The predicted octanol–water partition coefficient (Wildman–Crippen LogP) is 1.84. The Bertz CT molecular complexity index is 500. The standard InChI is InChI=1S/C16H24N4O2/c1-2-4-14(21)20-9-5-16(6-10-20)11-13(12-22-16)19-15-17-7-3-8-18-15/h3,7-8,13H,2,4-6,9-12H2,1H3,(H,17,18,19). The molecule has 1 aromatic heterocycles. The molecule has 0 saturated carbocycles. The number of carbonyl (C=O) groups excluding carboxylic acids is 1. The van der Waals surface area contributed by atoms with Crippen molar-refractivity contribution in [1.29, 1.82) is 0 Å². The lowest BCUT2D eigenvalue weighted by molar-refractivity contribution is -0.136. The smallest absolute Gasteiger partial charge is 0.222 e. The third-order valence-electron chi connectivity index (χ3n) is 4.60. The second-order valence-corrected chi connectivity index (χ2v) is 6.24. The fraction of sp³-hybridized carbons (Fsp3) is 0.688. The molecule has 2 saturated heterocycles. The number of rotatable bonds is 4. The largest absolute Gasteiger partial charge is 0.373 e. The Hall–Kier alpha value is -1.69. The monoisotopic (exact) mass is 304 g/mol. The van der Waals surface area contributed by atoms with Crippen molar-refractivity contribution in [3.05, 3.63) is 18.5 Å². The van der Waals surface area contributed by atoms with Crippen LogP contribution in [-0.4, -0.2) is 52.1 Å². The summed E-state index contributed by atoms with van der Waals surface area (Å²) in [7, 11) is 0. The molecule has 0 aromatic carbocycles. The van der Waals surface area contributed by atoms with Crippen LogP contribution in [0, 0.1) is 0 Å². The van der Waals surface area contributed by atoms with Gasteiger partial charge >= 0.3 is 0 Å². The molecule has 2 fully saturated rings. The van der Waals surface area contributed by atoms with Crippen molar-refractivity contribution in [3.8, 4) is 0 Å². The highest BCUT2D eigenvalue weighted by Gasteiger charge is 2.43. The van der Waals surface area contributed by atoms with Gasteiger partial charge in [-0.25, -0.2) is 9.97 Å². The zero-order chi connectivity index (χ0) is 15.4. The second-order valence-electron chi connectivity index (χ2n) is 6.24. The third-order valence-corrected chi connectivity index (χ3v) is 4.60. The highest BCUT2D eigenvalue weighted by atomic mass is 16.5. The van der Waals surface area contributed by atoms with Gasteiger partial charge in [0.05, 0.1) is 18.2 Å². The molecule has 1 unspecified atom stereocenters. The maximum Gasteiger partial charge on any atom is 0.222 e. The fourth-order valence-corrected chi connectivity index (χ4v) is 3.38. The third kappa shape index (κ3) is 3.38. The topological polar surface area (TPSA) is 67.4 Å². The van der Waals surface area contributed by atoms with E-state index >= 15 is 0 Å². The van der Waals surface area contributed by atoms with Gasteiger partial charge in [-0.2, -0.15) is 0 Å². The summed E-state index contributed by atoms with van der Waals surface area (Å²) in [5.74, 6) is 0.936. The molecule has 120 valence electrons. The van der Waals surface area contributed by atoms with E-state index in [1.807, 2.05) is 11.8 Å². The van der Waals surface area contributed by atoms with Gasteiger partial charge in [0.15, 0.2) is 0 Å². The van der Waals surface area contributed by atoms with E-state index < -0.39 is 0 Å². The number of hydrogen-bond acceptors (Lipinski definition) is 5. The van der Waals surface area contributed by atoms with Crippen LogP contribution in [0.3, 0.4) is 0 Å². The summed E-state index contributed by atoms with van der Waals surface area (Å²) in [5.41, 5.74) is -0.0740. The summed E-state index contributed by atoms with van der Waals surface area (Å²) in [6.45, 7) is 4.35. The normalized spacial score (nSPS) is 23.7. The number of anilines is 1. The first-order chi connectivity index (χ1) is 10.7. The van der Waals surface area contributed by atoms with Crippen LogP contribution in [0.5, 0.6) is 0 Å². The summed E-state index contributed by atoms with van der Waals surface area (Å²) in [5, 5.41) is 3.34. The Morgan fingerprint density at radius 1 is 1.41 bits per heavy atom. The first-order valence-corrected chi connectivity index (χ1v) is 8.16. The molecule has 6 nitrogen and oxygen atoms in total. The summed E-state index contributed by atoms with van der Waals surface area (Å²) < 4.78 is 6.10. The SMILES string of the molecule is CCCC(=O)N1CCC2(CC1)CC(Nc1ncccn1)CO2. The molecule has 0 radical (unpaired) electrons. The Morgan fingerprint density at radius 3 is 2.82 bits per heavy atom. The predicted molar refractivity (Wildman–Crippen MR) is 83.5 cm³/mol. The Morgan fingerprint density at radius 2 is 2.14 bits per heavy atom. The number of nitrogens with one attached hydrogen (secondary N) is 1. The lowest BCUT2D eigenvalue weighted by Crippen LogP contribution is -2.46. The zero-order valence-corrected chi connectivity index (χ0v) is 13.1. The Kier molecular flexibility index (Phi) is 4.57. The maximum absolute atomic E-state index is 12.0. The number of nitrogens with zero attached hydrogens (tertiary/aromatic N) is 3. The van der Waals surface area contributed by atoms with Gasteiger partial charge in [0, 0.05) is 31.9 Å². The van der Waals surface area contributed by atoms with Crippen LogP contribution in [0.15, 0.2) is 18.5 Å². The number of piperidine rings is 1. The molecule has 1 amide bonds. The van der Waals surface area contributed by atoms with Crippen LogP contribution >= 0.6 is 0 Å². The van der Waals surface area contributed by atoms with Crippen molar-refractivity contribution in [3.63, 3.8) is 0 Å². The van der Waals surface area contributed by atoms with Gasteiger partial charge in [-0.05, 0) is 31.7 Å². The highest BCUT2D eigenvalue weighted by molar-refractivity contribution is 5.76. The van der Waals surface area contributed by atoms with Crippen molar-refractivity contribution >= 4 is 11.9 Å². The molecule has 1 atom stereocenters. The highest BCUT2D eigenvalue weighted by Crippen LogP contribution is 2.36. The molecule has 3 heterocycles. The lowest BCUT2D eigenvalue weighted by Gasteiger charge is -2.38. The number of likely N-dealkylation sites (tertiary alicyclic amines) is 1. The number of amides is 1. The minimum absolute atomic E-state index is 0.0740. The van der Waals surface area contributed by atoms with Crippen LogP contribution < -0.4 is 5.32 Å². The van der Waals surface area contributed by atoms with Crippen molar-refractivity contribution in [1.82, 2.24) is 14.9 Å². The van der Waals surface area contributed by atoms with Gasteiger partial charge in [0.25, 0.3) is 0 Å². The van der Waals surface area contributed by atoms with Crippen molar-refractivity contribution in [2.45, 2.75) is 50.7 Å². The molecule has 1 aromatic rings. The van der Waals surface area contributed by atoms with E-state index in [9.17, 15) is 4.79 Å². The average molecular weight is 304 g/mol. The van der Waals surface area contributed by atoms with Gasteiger partial charge in [0.2, 0.25) is 11.9 Å². The number of aromatic nitrogens is 2. The number of carbonyl (C=O) groups is 1. The molecule has 0 bridgehead atoms. The average Bonchev–Trinajstić information content (AvgIpc) is 2.92. The van der Waals surface area contributed by atoms with E-state index in [-0.39, 0.29) is 17.6 Å². The van der Waals surface area contributed by atoms with Gasteiger partial charge in [-0.3, -0.25) is 4.79 Å². The van der Waals surface area contributed by atoms with Crippen LogP contribution in [0.1, 0.15) is 39.0 Å². The van der Waals surface area contributed by atoms with Gasteiger partial charge in [0.1, 0.15) is 0 Å². The molecule has 3 rings (SSSR count). The summed E-state index contributed by atoms with van der Waals surface area (Å²) in [6, 6.07) is 2.06. The summed E-state index contributed by atoms with van der Waals surface area (Å²) in [4.78, 5) is 22.4. The van der Waals surface area contributed by atoms with Gasteiger partial charge < -0.3 is 15.0 Å². The minimum Gasteiger partial charge on any atom is -0.373 e. The molecular weight excluding hydrogens is 280 g/mol. The molecule has 2 aliphatic rings. The number of ether oxygens (including phenoxy) is 1. The fourth-order valence-electron chi connectivity index (χ4n) is 3.38. The lowest BCUT2D eigenvalue weighted by atomic mass is 9.87. The molecule has 1 N–H and O–H groups in total. The van der Waals surface area contributed by atoms with Crippen LogP contribution in [0.4, 0.5) is 5.95 Å². The van der Waals surface area contributed by atoms with Crippen molar-refractivity contribution in [2.24, 2.45) is 0 Å².